The molecule has 0 radical (unpaired) electrons. The molecule has 184 valence electrons. The van der Waals surface area contributed by atoms with Gasteiger partial charge in [0.1, 0.15) is 22.7 Å². The molecule has 2 aromatic heterocycles. The van der Waals surface area contributed by atoms with Gasteiger partial charge in [-0.3, -0.25) is 9.59 Å². The van der Waals surface area contributed by atoms with Crippen LogP contribution in [0.1, 0.15) is 22.7 Å². The second kappa shape index (κ2) is 8.23. The van der Waals surface area contributed by atoms with Gasteiger partial charge in [-0.2, -0.15) is 9.78 Å². The summed E-state index contributed by atoms with van der Waals surface area (Å²) in [6.07, 6.45) is 1.01. The van der Waals surface area contributed by atoms with Crippen molar-refractivity contribution in [3.63, 3.8) is 0 Å². The van der Waals surface area contributed by atoms with Gasteiger partial charge < -0.3 is 20.1 Å². The van der Waals surface area contributed by atoms with Crippen molar-refractivity contribution in [1.82, 2.24) is 24.6 Å². The van der Waals surface area contributed by atoms with Crippen LogP contribution < -0.4 is 21.1 Å². The fourth-order valence-corrected chi connectivity index (χ4v) is 5.16. The largest absolute Gasteiger partial charge is 0.362 e. The first kappa shape index (κ1) is 22.4. The molecule has 2 N–H and O–H groups in total. The minimum Gasteiger partial charge on any atom is -0.362 e. The number of aromatic nitrogens is 4. The number of fused-ring (bicyclic) bond motifs is 3. The Morgan fingerprint density at radius 1 is 1.11 bits per heavy atom. The highest BCUT2D eigenvalue weighted by Gasteiger charge is 2.39. The quantitative estimate of drug-likeness (QED) is 0.456. The third-order valence-electron chi connectivity index (χ3n) is 7.02. The molecular weight excluding hydrogens is 468 g/mol. The van der Waals surface area contributed by atoms with Gasteiger partial charge in [0.2, 0.25) is 0 Å². The zero-order valence-corrected chi connectivity index (χ0v) is 19.6. The molecule has 4 heterocycles. The third kappa shape index (κ3) is 3.46. The molecule has 2 atom stereocenters. The van der Waals surface area contributed by atoms with Gasteiger partial charge >= 0.3 is 0 Å². The van der Waals surface area contributed by atoms with Crippen molar-refractivity contribution in [2.75, 3.05) is 23.3 Å². The predicted molar refractivity (Wildman–Crippen MR) is 131 cm³/mol. The molecule has 0 aliphatic carbocycles. The molecule has 11 heteroatoms. The Morgan fingerprint density at radius 3 is 2.58 bits per heavy atom. The molecule has 2 aliphatic rings. The number of rotatable bonds is 4. The van der Waals surface area contributed by atoms with E-state index in [4.69, 9.17) is 4.98 Å². The average molecular weight is 492 g/mol. The van der Waals surface area contributed by atoms with Crippen LogP contribution in [0.3, 0.4) is 0 Å². The maximum absolute atomic E-state index is 14.3. The molecule has 36 heavy (non-hydrogen) atoms. The molecule has 1 amide bonds. The molecule has 0 spiro atoms. The van der Waals surface area contributed by atoms with Gasteiger partial charge in [-0.05, 0) is 43.7 Å². The number of carbonyl (C=O) groups excluding carboxylic acids is 1. The molecule has 2 aromatic carbocycles. The zero-order valence-electron chi connectivity index (χ0n) is 19.6. The highest BCUT2D eigenvalue weighted by atomic mass is 19.1. The van der Waals surface area contributed by atoms with E-state index in [0.717, 1.165) is 60.3 Å². The Labute approximate surface area is 204 Å². The number of amides is 1. The lowest BCUT2D eigenvalue weighted by Gasteiger charge is -2.31. The van der Waals surface area contributed by atoms with Crippen molar-refractivity contribution in [2.24, 2.45) is 7.05 Å². The van der Waals surface area contributed by atoms with Crippen LogP contribution in [0.4, 0.5) is 20.2 Å². The summed E-state index contributed by atoms with van der Waals surface area (Å²) in [7, 11) is 1.94. The van der Waals surface area contributed by atoms with Crippen LogP contribution in [0.25, 0.3) is 16.7 Å². The van der Waals surface area contributed by atoms with Gasteiger partial charge in [0.25, 0.3) is 11.5 Å². The molecular formula is C25H23F2N7O2. The smallest absolute Gasteiger partial charge is 0.276 e. The van der Waals surface area contributed by atoms with E-state index in [0.29, 0.717) is 16.4 Å². The van der Waals surface area contributed by atoms with Gasteiger partial charge in [0.05, 0.1) is 16.9 Å². The normalized spacial score (nSPS) is 18.8. The van der Waals surface area contributed by atoms with Crippen molar-refractivity contribution < 1.29 is 13.6 Å². The third-order valence-corrected chi connectivity index (χ3v) is 7.02. The average Bonchev–Trinajstić information content (AvgIpc) is 3.55. The minimum absolute atomic E-state index is 0.162. The van der Waals surface area contributed by atoms with Crippen LogP contribution in [0.15, 0.2) is 47.3 Å². The number of nitrogens with one attached hydrogen (secondary N) is 2. The van der Waals surface area contributed by atoms with E-state index in [9.17, 15) is 18.4 Å². The van der Waals surface area contributed by atoms with Crippen molar-refractivity contribution in [3.05, 3.63) is 76.0 Å². The van der Waals surface area contributed by atoms with Crippen LogP contribution in [0, 0.1) is 18.6 Å². The number of para-hydroxylation sites is 1. The summed E-state index contributed by atoms with van der Waals surface area (Å²) in [5.74, 6) is -1.69. The number of aryl methyl sites for hydroxylation is 2. The van der Waals surface area contributed by atoms with Gasteiger partial charge in [-0.25, -0.2) is 13.8 Å². The summed E-state index contributed by atoms with van der Waals surface area (Å²) in [4.78, 5) is 32.7. The van der Waals surface area contributed by atoms with E-state index >= 15 is 0 Å². The van der Waals surface area contributed by atoms with Crippen molar-refractivity contribution in [3.8, 4) is 5.69 Å². The van der Waals surface area contributed by atoms with E-state index in [1.807, 2.05) is 30.7 Å². The highest BCUT2D eigenvalue weighted by molar-refractivity contribution is 6.08. The Kier molecular flexibility index (Phi) is 5.11. The van der Waals surface area contributed by atoms with Crippen LogP contribution in [0.5, 0.6) is 0 Å². The number of anilines is 2. The molecule has 0 saturated carbocycles. The molecule has 2 saturated heterocycles. The van der Waals surface area contributed by atoms with Crippen LogP contribution in [-0.2, 0) is 7.05 Å². The van der Waals surface area contributed by atoms with Crippen molar-refractivity contribution in [2.45, 2.75) is 25.4 Å². The zero-order chi connectivity index (χ0) is 25.1. The fourth-order valence-electron chi connectivity index (χ4n) is 5.16. The summed E-state index contributed by atoms with van der Waals surface area (Å²) < 4.78 is 31.2. The van der Waals surface area contributed by atoms with E-state index in [-0.39, 0.29) is 11.7 Å². The first-order valence-electron chi connectivity index (χ1n) is 11.6. The molecule has 4 aromatic rings. The Hall–Kier alpha value is -4.12. The second-order valence-electron chi connectivity index (χ2n) is 9.19. The predicted octanol–water partition coefficient (Wildman–Crippen LogP) is 2.51. The summed E-state index contributed by atoms with van der Waals surface area (Å²) in [6, 6.07) is 9.90. The van der Waals surface area contributed by atoms with Gasteiger partial charge in [0, 0.05) is 38.3 Å². The van der Waals surface area contributed by atoms with E-state index < -0.39 is 28.8 Å². The molecule has 2 bridgehead atoms. The molecule has 6 rings (SSSR count). The van der Waals surface area contributed by atoms with Crippen LogP contribution in [0.2, 0.25) is 0 Å². The lowest BCUT2D eigenvalue weighted by atomic mass is 10.1. The number of benzene rings is 2. The van der Waals surface area contributed by atoms with Gasteiger partial charge in [0.15, 0.2) is 11.6 Å². The number of carbonyl (C=O) groups is 1. The van der Waals surface area contributed by atoms with E-state index in [2.05, 4.69) is 20.6 Å². The summed E-state index contributed by atoms with van der Waals surface area (Å²) in [6.45, 7) is 3.56. The van der Waals surface area contributed by atoms with Crippen LogP contribution in [-0.4, -0.2) is 50.4 Å². The first-order valence-corrected chi connectivity index (χ1v) is 11.6. The Balaban J connectivity index is 1.41. The lowest BCUT2D eigenvalue weighted by Crippen LogP contribution is -2.44. The highest BCUT2D eigenvalue weighted by Crippen LogP contribution is 2.40. The number of imidazole rings is 1. The SMILES string of the molecule is Cc1nc2c(N3C[C@H]4C[C@@H]3CN4)c(NC(=O)c3ccc(=O)n(-c4c(F)cccc4F)n3)ccc2n1C. The number of nitrogens with zero attached hydrogens (tertiary/aromatic N) is 5. The molecule has 0 unspecified atom stereocenters. The maximum atomic E-state index is 14.3. The summed E-state index contributed by atoms with van der Waals surface area (Å²) >= 11 is 0. The van der Waals surface area contributed by atoms with Gasteiger partial charge in [-0.15, -0.1) is 0 Å². The minimum atomic E-state index is -0.960. The van der Waals surface area contributed by atoms with E-state index in [1.165, 1.54) is 12.1 Å². The lowest BCUT2D eigenvalue weighted by molar-refractivity contribution is 0.102. The van der Waals surface area contributed by atoms with Crippen molar-refractivity contribution >= 4 is 28.3 Å². The Bertz CT molecular complexity index is 1580. The van der Waals surface area contributed by atoms with Crippen LogP contribution >= 0.6 is 0 Å². The number of hydrogen-bond donors (Lipinski definition) is 2. The number of piperazine rings is 1. The first-order chi connectivity index (χ1) is 17.3. The summed E-state index contributed by atoms with van der Waals surface area (Å²) in [5.41, 5.74) is 1.54. The van der Waals surface area contributed by atoms with Gasteiger partial charge in [-0.1, -0.05) is 6.07 Å². The topological polar surface area (TPSA) is 97.1 Å². The number of hydrogen-bond acceptors (Lipinski definition) is 6. The molecule has 2 aliphatic heterocycles. The Morgan fingerprint density at radius 2 is 1.89 bits per heavy atom. The fraction of sp³-hybridized carbons (Fsp3) is 0.280. The van der Waals surface area contributed by atoms with Crippen molar-refractivity contribution in [1.29, 1.82) is 0 Å². The molecule has 9 nitrogen and oxygen atoms in total. The standard InChI is InChI=1S/C25H23F2N7O2/c1-13-29-22-20(32(13)2)8-6-18(24(22)33-12-14-10-15(33)11-28-14)30-25(36)19-7-9-21(35)34(31-19)23-16(26)4-3-5-17(23)27/h3-9,14-15,28H,10-12H2,1-2H3,(H,30,36)/t14-,15-/m1/s1. The monoisotopic (exact) mass is 491 g/mol. The summed E-state index contributed by atoms with van der Waals surface area (Å²) in [5, 5.41) is 10.4. The molecule has 2 fully saturated rings. The maximum Gasteiger partial charge on any atom is 0.276 e. The second-order valence-corrected chi connectivity index (χ2v) is 9.19. The van der Waals surface area contributed by atoms with E-state index in [1.54, 1.807) is 0 Å². The number of halogens is 2.